The van der Waals surface area contributed by atoms with Gasteiger partial charge in [0.05, 0.1) is 15.5 Å². The molecule has 7 heteroatoms. The lowest BCUT2D eigenvalue weighted by molar-refractivity contribution is -0.385. The summed E-state index contributed by atoms with van der Waals surface area (Å²) in [6.45, 7) is 6.64. The highest BCUT2D eigenvalue weighted by Crippen LogP contribution is 2.30. The summed E-state index contributed by atoms with van der Waals surface area (Å²) >= 11 is 0. The second-order valence-electron chi connectivity index (χ2n) is 6.76. The summed E-state index contributed by atoms with van der Waals surface area (Å²) in [7, 11) is -3.60. The molecule has 134 valence electrons. The van der Waals surface area contributed by atoms with Crippen molar-refractivity contribution in [2.75, 3.05) is 18.1 Å². The van der Waals surface area contributed by atoms with Gasteiger partial charge in [0, 0.05) is 30.3 Å². The van der Waals surface area contributed by atoms with Crippen molar-refractivity contribution >= 4 is 21.2 Å². The lowest BCUT2D eigenvalue weighted by Crippen LogP contribution is -2.29. The summed E-state index contributed by atoms with van der Waals surface area (Å²) in [5.74, 6) is 0. The number of rotatable bonds is 6. The Hall–Kier alpha value is -2.41. The summed E-state index contributed by atoms with van der Waals surface area (Å²) in [5, 5.41) is 14.1. The van der Waals surface area contributed by atoms with E-state index in [9.17, 15) is 18.5 Å². The number of benzene rings is 2. The Labute approximate surface area is 148 Å². The van der Waals surface area contributed by atoms with Crippen LogP contribution in [0.3, 0.4) is 0 Å². The number of nitro benzene ring substituents is 1. The molecule has 0 heterocycles. The maximum atomic E-state index is 12.0. The Morgan fingerprint density at radius 2 is 1.80 bits per heavy atom. The van der Waals surface area contributed by atoms with Gasteiger partial charge in [0.25, 0.3) is 5.69 Å². The molecule has 0 aromatic heterocycles. The molecule has 0 aliphatic carbocycles. The van der Waals surface area contributed by atoms with Crippen LogP contribution in [0.25, 0.3) is 0 Å². The van der Waals surface area contributed by atoms with E-state index in [0.29, 0.717) is 12.2 Å². The molecule has 0 spiro atoms. The number of non-ortho nitro benzene ring substituents is 1. The standard InChI is InChI=1S/C18H22N2O4S/c1-13-7-5-6-8-15(13)18(2,3)12-19-16-10-9-14(20(21)22)11-17(16)25(4,23)24/h5-11,19H,12H2,1-4H3. The quantitative estimate of drug-likeness (QED) is 0.625. The summed E-state index contributed by atoms with van der Waals surface area (Å²) in [6, 6.07) is 11.9. The third kappa shape index (κ3) is 4.36. The molecule has 0 aliphatic heterocycles. The van der Waals surface area contributed by atoms with Crippen LogP contribution in [0.1, 0.15) is 25.0 Å². The van der Waals surface area contributed by atoms with Crippen molar-refractivity contribution in [2.24, 2.45) is 0 Å². The number of hydrogen-bond acceptors (Lipinski definition) is 5. The van der Waals surface area contributed by atoms with Gasteiger partial charge in [0.15, 0.2) is 9.84 Å². The molecule has 2 rings (SSSR count). The first kappa shape index (κ1) is 18.9. The van der Waals surface area contributed by atoms with Gasteiger partial charge in [-0.25, -0.2) is 8.42 Å². The second-order valence-corrected chi connectivity index (χ2v) is 8.75. The molecular formula is C18H22N2O4S. The number of anilines is 1. The maximum absolute atomic E-state index is 12.0. The third-order valence-corrected chi connectivity index (χ3v) is 5.31. The van der Waals surface area contributed by atoms with E-state index in [1.165, 1.54) is 12.1 Å². The summed E-state index contributed by atoms with van der Waals surface area (Å²) in [6.07, 6.45) is 1.05. The van der Waals surface area contributed by atoms with Crippen LogP contribution in [0.5, 0.6) is 0 Å². The van der Waals surface area contributed by atoms with Crippen molar-refractivity contribution in [3.63, 3.8) is 0 Å². The van der Waals surface area contributed by atoms with Crippen LogP contribution in [0.15, 0.2) is 47.4 Å². The van der Waals surface area contributed by atoms with Crippen LogP contribution in [-0.2, 0) is 15.3 Å². The molecule has 0 radical (unpaired) electrons. The largest absolute Gasteiger partial charge is 0.383 e. The van der Waals surface area contributed by atoms with Crippen molar-refractivity contribution in [2.45, 2.75) is 31.1 Å². The van der Waals surface area contributed by atoms with Crippen molar-refractivity contribution < 1.29 is 13.3 Å². The lowest BCUT2D eigenvalue weighted by Gasteiger charge is -2.28. The first-order valence-corrected chi connectivity index (χ1v) is 9.70. The van der Waals surface area contributed by atoms with E-state index in [1.807, 2.05) is 31.2 Å². The zero-order valence-electron chi connectivity index (χ0n) is 14.7. The van der Waals surface area contributed by atoms with E-state index in [2.05, 4.69) is 19.2 Å². The second kappa shape index (κ2) is 6.84. The molecule has 0 unspecified atom stereocenters. The van der Waals surface area contributed by atoms with E-state index in [0.717, 1.165) is 23.4 Å². The summed E-state index contributed by atoms with van der Waals surface area (Å²) < 4.78 is 24.0. The Balaban J connectivity index is 2.34. The van der Waals surface area contributed by atoms with Gasteiger partial charge in [0.2, 0.25) is 0 Å². The molecule has 0 fully saturated rings. The van der Waals surface area contributed by atoms with Gasteiger partial charge < -0.3 is 5.32 Å². The van der Waals surface area contributed by atoms with Gasteiger partial charge in [-0.2, -0.15) is 0 Å². The zero-order valence-corrected chi connectivity index (χ0v) is 15.6. The molecule has 0 atom stereocenters. The average Bonchev–Trinajstić information content (AvgIpc) is 2.52. The predicted octanol–water partition coefficient (Wildman–Crippen LogP) is 3.70. The van der Waals surface area contributed by atoms with Crippen molar-refractivity contribution in [1.29, 1.82) is 0 Å². The minimum Gasteiger partial charge on any atom is -0.383 e. The normalized spacial score (nSPS) is 12.0. The minimum atomic E-state index is -3.60. The molecule has 0 saturated heterocycles. The number of sulfone groups is 1. The van der Waals surface area contributed by atoms with E-state index in [-0.39, 0.29) is 16.0 Å². The smallest absolute Gasteiger partial charge is 0.270 e. The predicted molar refractivity (Wildman–Crippen MR) is 98.9 cm³/mol. The van der Waals surface area contributed by atoms with E-state index in [4.69, 9.17) is 0 Å². The Bertz CT molecular complexity index is 905. The molecule has 0 saturated carbocycles. The van der Waals surface area contributed by atoms with Gasteiger partial charge in [-0.15, -0.1) is 0 Å². The molecule has 2 aromatic carbocycles. The van der Waals surface area contributed by atoms with Crippen LogP contribution >= 0.6 is 0 Å². The number of aryl methyl sites for hydroxylation is 1. The molecular weight excluding hydrogens is 340 g/mol. The molecule has 0 aliphatic rings. The number of nitro groups is 1. The zero-order chi connectivity index (χ0) is 18.8. The lowest BCUT2D eigenvalue weighted by atomic mass is 9.82. The van der Waals surface area contributed by atoms with E-state index >= 15 is 0 Å². The molecule has 2 aromatic rings. The highest BCUT2D eigenvalue weighted by atomic mass is 32.2. The van der Waals surface area contributed by atoms with Gasteiger partial charge in [-0.05, 0) is 24.1 Å². The highest BCUT2D eigenvalue weighted by molar-refractivity contribution is 7.90. The fourth-order valence-corrected chi connectivity index (χ4v) is 3.70. The monoisotopic (exact) mass is 362 g/mol. The van der Waals surface area contributed by atoms with Gasteiger partial charge in [-0.1, -0.05) is 38.1 Å². The van der Waals surface area contributed by atoms with Crippen LogP contribution in [0.2, 0.25) is 0 Å². The Kier molecular flexibility index (Phi) is 5.17. The fraction of sp³-hybridized carbons (Fsp3) is 0.333. The number of hydrogen-bond donors (Lipinski definition) is 1. The number of nitrogens with one attached hydrogen (secondary N) is 1. The van der Waals surface area contributed by atoms with Crippen LogP contribution in [-0.4, -0.2) is 26.1 Å². The molecule has 25 heavy (non-hydrogen) atoms. The van der Waals surface area contributed by atoms with Crippen molar-refractivity contribution in [1.82, 2.24) is 0 Å². The van der Waals surface area contributed by atoms with Crippen LogP contribution in [0.4, 0.5) is 11.4 Å². The first-order chi connectivity index (χ1) is 11.5. The SMILES string of the molecule is Cc1ccccc1C(C)(C)CNc1ccc([N+](=O)[O-])cc1S(C)(=O)=O. The van der Waals surface area contributed by atoms with Crippen molar-refractivity contribution in [3.05, 3.63) is 63.7 Å². The molecule has 0 amide bonds. The minimum absolute atomic E-state index is 0.0673. The van der Waals surface area contributed by atoms with E-state index < -0.39 is 14.8 Å². The highest BCUT2D eigenvalue weighted by Gasteiger charge is 2.24. The third-order valence-electron chi connectivity index (χ3n) is 4.17. The molecule has 6 nitrogen and oxygen atoms in total. The average molecular weight is 362 g/mol. The summed E-state index contributed by atoms with van der Waals surface area (Å²) in [4.78, 5) is 10.3. The topological polar surface area (TPSA) is 89.3 Å². The van der Waals surface area contributed by atoms with Gasteiger partial charge in [0.1, 0.15) is 0 Å². The van der Waals surface area contributed by atoms with Gasteiger partial charge >= 0.3 is 0 Å². The van der Waals surface area contributed by atoms with Crippen molar-refractivity contribution in [3.8, 4) is 0 Å². The van der Waals surface area contributed by atoms with Gasteiger partial charge in [-0.3, -0.25) is 10.1 Å². The van der Waals surface area contributed by atoms with Crippen LogP contribution in [0, 0.1) is 17.0 Å². The van der Waals surface area contributed by atoms with E-state index in [1.54, 1.807) is 0 Å². The Morgan fingerprint density at radius 3 is 2.36 bits per heavy atom. The van der Waals surface area contributed by atoms with Crippen LogP contribution < -0.4 is 5.32 Å². The molecule has 0 bridgehead atoms. The molecule has 1 N–H and O–H groups in total. The number of nitrogens with zero attached hydrogens (tertiary/aromatic N) is 1. The fourth-order valence-electron chi connectivity index (χ4n) is 2.82. The summed E-state index contributed by atoms with van der Waals surface area (Å²) in [5.41, 5.74) is 2.19. The first-order valence-electron chi connectivity index (χ1n) is 7.81. The maximum Gasteiger partial charge on any atom is 0.270 e. The Morgan fingerprint density at radius 1 is 1.16 bits per heavy atom.